The molecule has 19 heteroatoms. The summed E-state index contributed by atoms with van der Waals surface area (Å²) in [6.45, 7) is 10.3. The first kappa shape index (κ1) is 49.1. The van der Waals surface area contributed by atoms with Crippen LogP contribution >= 0.6 is 0 Å². The zero-order valence-corrected chi connectivity index (χ0v) is 39.3. The van der Waals surface area contributed by atoms with E-state index in [0.717, 1.165) is 111 Å². The first-order chi connectivity index (χ1) is 32.5. The Morgan fingerprint density at radius 2 is 1.15 bits per heavy atom. The highest BCUT2D eigenvalue weighted by Crippen LogP contribution is 2.29. The molecule has 19 nitrogen and oxygen atoms in total. The third-order valence-corrected chi connectivity index (χ3v) is 11.3. The summed E-state index contributed by atoms with van der Waals surface area (Å²) in [5, 5.41) is 18.6. The summed E-state index contributed by atoms with van der Waals surface area (Å²) in [6, 6.07) is 11.4. The number of nitrogens with two attached hydrogens (primary N) is 3. The van der Waals surface area contributed by atoms with E-state index in [1.54, 1.807) is 25.5 Å². The van der Waals surface area contributed by atoms with Gasteiger partial charge in [0.15, 0.2) is 17.5 Å². The van der Waals surface area contributed by atoms with Gasteiger partial charge < -0.3 is 37.9 Å². The third kappa shape index (κ3) is 14.1. The Bertz CT molecular complexity index is 2590. The zero-order valence-electron chi connectivity index (χ0n) is 39.3. The van der Waals surface area contributed by atoms with Crippen molar-refractivity contribution in [3.63, 3.8) is 0 Å². The first-order valence-electron chi connectivity index (χ1n) is 23.2. The standard InChI is InChI=1S/C17H25N5O.C16H20N6.C15H19N7/c1-4-5-9-17(3,10-8-12(2)23)22-15-14-13(7-6-11-19-14)20-16(18)21-15;1-2-3-6-12(11-7-4-9-18-11)20-15-14-13(8-5-10-19-14)21-16(17)22-15;1-2-3-5-10(11-7-9-18-22-11)19-14-13-12(6-4-8-17-13)20-15(16)21-14/h6-7,11H,4-5,8-10H2,1-3H3,(H3,18,20,21,22);4-5,8-10,12H,2-3,6-7H2,1H3,(H3,17,20,21,22);4,6,8-10H,2-3,5,7H2,1H3,(H3,16,19,20,21)/t17-;12-;10-/m111/s1. The molecule has 2 aliphatic heterocycles. The SMILES string of the molecule is CCCC[C@@H](Nc1nc(N)nc2cccnc12)C1=NC=CC1.CCCC[C@@H](Nc1nc(N)nc2cccnc12)C1=NN=CC1.CCCC[C@](C)(CCC(C)=O)Nc1nc(N)nc2cccnc12. The third-order valence-electron chi connectivity index (χ3n) is 11.3. The van der Waals surface area contributed by atoms with Crippen LogP contribution in [0.4, 0.5) is 35.3 Å². The van der Waals surface area contributed by atoms with Gasteiger partial charge in [0.25, 0.3) is 0 Å². The molecule has 3 atom stereocenters. The summed E-state index contributed by atoms with van der Waals surface area (Å²) in [6.07, 6.45) is 23.5. The quantitative estimate of drug-likeness (QED) is 0.0417. The van der Waals surface area contributed by atoms with Crippen LogP contribution < -0.4 is 33.2 Å². The second-order valence-corrected chi connectivity index (χ2v) is 16.9. The van der Waals surface area contributed by atoms with Crippen LogP contribution in [0.2, 0.25) is 0 Å². The molecule has 0 radical (unpaired) electrons. The number of hydrogen-bond donors (Lipinski definition) is 6. The van der Waals surface area contributed by atoms with Crippen LogP contribution in [0.3, 0.4) is 0 Å². The van der Waals surface area contributed by atoms with Crippen LogP contribution in [0.5, 0.6) is 0 Å². The van der Waals surface area contributed by atoms with Crippen molar-refractivity contribution in [3.8, 4) is 0 Å². The normalized spacial score (nSPS) is 14.6. The fraction of sp³-hybridized carbons (Fsp3) is 0.438. The molecular formula is C48H64N18O. The minimum absolute atomic E-state index is 0.0851. The molecule has 9 N–H and O–H groups in total. The van der Waals surface area contributed by atoms with Gasteiger partial charge in [-0.2, -0.15) is 25.2 Å². The molecule has 0 bridgehead atoms. The number of carbonyl (C=O) groups is 1. The van der Waals surface area contributed by atoms with Crippen molar-refractivity contribution in [1.82, 2.24) is 44.9 Å². The number of nitrogens with zero attached hydrogens (tertiary/aromatic N) is 12. The molecule has 0 spiro atoms. The summed E-state index contributed by atoms with van der Waals surface area (Å²) in [4.78, 5) is 54.6. The van der Waals surface area contributed by atoms with Crippen LogP contribution in [0, 0.1) is 0 Å². The van der Waals surface area contributed by atoms with Crippen molar-refractivity contribution >= 4 is 91.8 Å². The summed E-state index contributed by atoms with van der Waals surface area (Å²) >= 11 is 0. The molecule has 6 aromatic rings. The van der Waals surface area contributed by atoms with E-state index >= 15 is 0 Å². The topological polar surface area (TPSA) is 284 Å². The fourth-order valence-corrected chi connectivity index (χ4v) is 7.70. The summed E-state index contributed by atoms with van der Waals surface area (Å²) < 4.78 is 0. The Kier molecular flexibility index (Phi) is 17.8. The average molecular weight is 909 g/mol. The number of Topliss-reactive ketones (excluding diaryl/α,β-unsaturated/α-hetero) is 1. The van der Waals surface area contributed by atoms with Crippen molar-refractivity contribution in [2.24, 2.45) is 15.2 Å². The Labute approximate surface area is 391 Å². The van der Waals surface area contributed by atoms with Gasteiger partial charge in [-0.1, -0.05) is 65.4 Å². The predicted octanol–water partition coefficient (Wildman–Crippen LogP) is 8.68. The number of fused-ring (bicyclic) bond motifs is 3. The Morgan fingerprint density at radius 3 is 1.60 bits per heavy atom. The smallest absolute Gasteiger partial charge is 0.222 e. The van der Waals surface area contributed by atoms with Gasteiger partial charge in [-0.15, -0.1) is 0 Å². The second-order valence-electron chi connectivity index (χ2n) is 16.9. The van der Waals surface area contributed by atoms with E-state index in [4.69, 9.17) is 17.2 Å². The van der Waals surface area contributed by atoms with Crippen molar-refractivity contribution in [2.75, 3.05) is 33.2 Å². The van der Waals surface area contributed by atoms with Crippen LogP contribution in [0.25, 0.3) is 33.1 Å². The van der Waals surface area contributed by atoms with Gasteiger partial charge in [0.05, 0.1) is 34.3 Å². The number of allylic oxidation sites excluding steroid dienone is 1. The van der Waals surface area contributed by atoms with Gasteiger partial charge >= 0.3 is 0 Å². The van der Waals surface area contributed by atoms with Crippen LogP contribution in [-0.2, 0) is 4.79 Å². The van der Waals surface area contributed by atoms with E-state index < -0.39 is 0 Å². The zero-order chi connectivity index (χ0) is 47.6. The van der Waals surface area contributed by atoms with Gasteiger partial charge in [0.2, 0.25) is 17.8 Å². The van der Waals surface area contributed by atoms with Gasteiger partial charge in [-0.25, -0.2) is 15.0 Å². The van der Waals surface area contributed by atoms with E-state index in [-0.39, 0.29) is 41.3 Å². The molecule has 0 aliphatic carbocycles. The maximum absolute atomic E-state index is 11.4. The number of anilines is 6. The number of nitrogen functional groups attached to an aromatic ring is 3. The number of rotatable bonds is 20. The lowest BCUT2D eigenvalue weighted by molar-refractivity contribution is -0.117. The molecule has 8 rings (SSSR count). The lowest BCUT2D eigenvalue weighted by Gasteiger charge is -2.31. The van der Waals surface area contributed by atoms with Crippen molar-refractivity contribution in [3.05, 3.63) is 67.3 Å². The Morgan fingerprint density at radius 1 is 0.657 bits per heavy atom. The summed E-state index contributed by atoms with van der Waals surface area (Å²) in [7, 11) is 0. The lowest BCUT2D eigenvalue weighted by atomic mass is 9.89. The number of carbonyl (C=O) groups excluding carboxylic acids is 1. The molecule has 2 aliphatic rings. The van der Waals surface area contributed by atoms with E-state index in [9.17, 15) is 4.79 Å². The highest BCUT2D eigenvalue weighted by Gasteiger charge is 2.26. The van der Waals surface area contributed by atoms with E-state index in [1.807, 2.05) is 48.8 Å². The first-order valence-corrected chi connectivity index (χ1v) is 23.2. The highest BCUT2D eigenvalue weighted by atomic mass is 16.1. The fourth-order valence-electron chi connectivity index (χ4n) is 7.70. The maximum atomic E-state index is 11.4. The summed E-state index contributed by atoms with van der Waals surface area (Å²) in [5.41, 5.74) is 23.7. The number of aromatic nitrogens is 9. The number of pyridine rings is 3. The molecule has 0 unspecified atom stereocenters. The maximum Gasteiger partial charge on any atom is 0.222 e. The van der Waals surface area contributed by atoms with Crippen molar-refractivity contribution < 1.29 is 4.79 Å². The Hall–Kier alpha value is -7.31. The van der Waals surface area contributed by atoms with Crippen molar-refractivity contribution in [2.45, 2.75) is 136 Å². The van der Waals surface area contributed by atoms with Crippen LogP contribution in [0.1, 0.15) is 118 Å². The molecule has 0 fully saturated rings. The second kappa shape index (κ2) is 24.3. The van der Waals surface area contributed by atoms with Gasteiger partial charge in [-0.3, -0.25) is 19.9 Å². The predicted molar refractivity (Wildman–Crippen MR) is 272 cm³/mol. The van der Waals surface area contributed by atoms with E-state index in [2.05, 4.69) is 110 Å². The van der Waals surface area contributed by atoms with Gasteiger partial charge in [0.1, 0.15) is 22.3 Å². The Balaban J connectivity index is 0.000000166. The van der Waals surface area contributed by atoms with E-state index in [1.165, 1.54) is 0 Å². The highest BCUT2D eigenvalue weighted by molar-refractivity contribution is 6.03. The van der Waals surface area contributed by atoms with Crippen LogP contribution in [0.15, 0.2) is 82.5 Å². The molecule has 0 amide bonds. The minimum atomic E-state index is -0.229. The van der Waals surface area contributed by atoms with E-state index in [0.29, 0.717) is 34.9 Å². The molecule has 67 heavy (non-hydrogen) atoms. The number of hydrogen-bond acceptors (Lipinski definition) is 19. The molecule has 352 valence electrons. The molecule has 0 saturated heterocycles. The number of ketones is 1. The summed E-state index contributed by atoms with van der Waals surface area (Å²) in [5.74, 6) is 2.87. The van der Waals surface area contributed by atoms with Gasteiger partial charge in [-0.05, 0) is 75.9 Å². The van der Waals surface area contributed by atoms with Gasteiger partial charge in [0, 0.05) is 61.5 Å². The van der Waals surface area contributed by atoms with Crippen molar-refractivity contribution in [1.29, 1.82) is 0 Å². The molecule has 8 heterocycles. The molecule has 6 aromatic heterocycles. The molecular weight excluding hydrogens is 845 g/mol. The largest absolute Gasteiger partial charge is 0.368 e. The number of aliphatic imine (C=N–C) groups is 1. The lowest BCUT2D eigenvalue weighted by Crippen LogP contribution is -2.36. The minimum Gasteiger partial charge on any atom is -0.368 e. The number of unbranched alkanes of at least 4 members (excludes halogenated alkanes) is 3. The van der Waals surface area contributed by atoms with Crippen LogP contribution in [-0.4, -0.2) is 85.9 Å². The molecule has 0 aromatic carbocycles. The average Bonchev–Trinajstić information content (AvgIpc) is 4.07. The number of nitrogens with one attached hydrogen (secondary N) is 3. The molecule has 0 saturated carbocycles. The monoisotopic (exact) mass is 909 g/mol.